The van der Waals surface area contributed by atoms with E-state index in [4.69, 9.17) is 9.47 Å². The van der Waals surface area contributed by atoms with Crippen LogP contribution >= 0.6 is 0 Å². The van der Waals surface area contributed by atoms with Gasteiger partial charge in [0.2, 0.25) is 0 Å². The summed E-state index contributed by atoms with van der Waals surface area (Å²) in [5.74, 6) is 7.11. The summed E-state index contributed by atoms with van der Waals surface area (Å²) in [4.78, 5) is 0. The van der Waals surface area contributed by atoms with Gasteiger partial charge < -0.3 is 14.6 Å². The summed E-state index contributed by atoms with van der Waals surface area (Å²) < 4.78 is 10.6. The van der Waals surface area contributed by atoms with Gasteiger partial charge in [-0.05, 0) is 25.1 Å². The molecule has 0 heterocycles. The summed E-state index contributed by atoms with van der Waals surface area (Å²) >= 11 is 0. The van der Waals surface area contributed by atoms with Crippen molar-refractivity contribution in [1.82, 2.24) is 0 Å². The molecule has 86 valence electrons. The highest BCUT2D eigenvalue weighted by atomic mass is 16.5. The van der Waals surface area contributed by atoms with Gasteiger partial charge in [0.05, 0.1) is 20.3 Å². The Morgan fingerprint density at radius 1 is 1.38 bits per heavy atom. The van der Waals surface area contributed by atoms with E-state index in [0.29, 0.717) is 24.5 Å². The first-order chi connectivity index (χ1) is 7.81. The highest BCUT2D eigenvalue weighted by Gasteiger charge is 2.04. The molecule has 0 atom stereocenters. The first kappa shape index (κ1) is 12.4. The second-order valence-corrected chi connectivity index (χ2v) is 3.16. The second kappa shape index (κ2) is 6.76. The summed E-state index contributed by atoms with van der Waals surface area (Å²) in [5.41, 5.74) is 0.726. The number of aliphatic hydroxyl groups is 1. The van der Waals surface area contributed by atoms with Crippen LogP contribution in [0.4, 0.5) is 0 Å². The van der Waals surface area contributed by atoms with E-state index in [1.54, 1.807) is 32.2 Å². The van der Waals surface area contributed by atoms with Gasteiger partial charge in [-0.3, -0.25) is 0 Å². The van der Waals surface area contributed by atoms with Crippen LogP contribution in [-0.4, -0.2) is 18.8 Å². The van der Waals surface area contributed by atoms with Gasteiger partial charge in [0.25, 0.3) is 0 Å². The van der Waals surface area contributed by atoms with E-state index in [9.17, 15) is 5.11 Å². The molecule has 0 fully saturated rings. The van der Waals surface area contributed by atoms with Crippen LogP contribution in [0.2, 0.25) is 0 Å². The van der Waals surface area contributed by atoms with Crippen molar-refractivity contribution < 1.29 is 14.6 Å². The maximum atomic E-state index is 9.18. The molecule has 0 bridgehead atoms. The zero-order valence-electron chi connectivity index (χ0n) is 9.62. The Labute approximate surface area is 96.0 Å². The third kappa shape index (κ3) is 3.48. The highest BCUT2D eigenvalue weighted by Crippen LogP contribution is 2.24. The number of rotatable bonds is 5. The van der Waals surface area contributed by atoms with Crippen molar-refractivity contribution in [3.05, 3.63) is 23.8 Å². The second-order valence-electron chi connectivity index (χ2n) is 3.16. The number of benzene rings is 1. The van der Waals surface area contributed by atoms with Crippen LogP contribution in [0, 0.1) is 11.8 Å². The van der Waals surface area contributed by atoms with Gasteiger partial charge >= 0.3 is 0 Å². The van der Waals surface area contributed by atoms with Gasteiger partial charge in [-0.25, -0.2) is 0 Å². The van der Waals surface area contributed by atoms with E-state index in [0.717, 1.165) is 5.56 Å². The minimum absolute atomic E-state index is 0.0635. The minimum atomic E-state index is -0.0635. The van der Waals surface area contributed by atoms with Crippen molar-refractivity contribution in [2.75, 3.05) is 13.7 Å². The summed E-state index contributed by atoms with van der Waals surface area (Å²) in [6.45, 7) is 2.26. The maximum Gasteiger partial charge on any atom is 0.125 e. The molecule has 0 aromatic heterocycles. The standard InChI is InChI=1S/C13H16O3/c1-3-4-5-8-16-13-7-6-12(15-2)9-11(13)10-14/h6-7,9,14H,5,8,10H2,1-2H3. The molecule has 0 aliphatic carbocycles. The Morgan fingerprint density at radius 3 is 2.81 bits per heavy atom. The van der Waals surface area contributed by atoms with E-state index >= 15 is 0 Å². The monoisotopic (exact) mass is 220 g/mol. The Balaban J connectivity index is 2.66. The molecule has 1 N–H and O–H groups in total. The van der Waals surface area contributed by atoms with E-state index in [1.807, 2.05) is 0 Å². The summed E-state index contributed by atoms with van der Waals surface area (Å²) in [5, 5.41) is 9.18. The van der Waals surface area contributed by atoms with E-state index in [2.05, 4.69) is 11.8 Å². The molecule has 0 aliphatic heterocycles. The molecule has 0 unspecified atom stereocenters. The molecular formula is C13H16O3. The van der Waals surface area contributed by atoms with E-state index in [1.165, 1.54) is 0 Å². The van der Waals surface area contributed by atoms with Crippen LogP contribution in [0.1, 0.15) is 18.9 Å². The van der Waals surface area contributed by atoms with Crippen LogP contribution < -0.4 is 9.47 Å². The Kier molecular flexibility index (Phi) is 5.24. The molecule has 3 heteroatoms. The third-order valence-electron chi connectivity index (χ3n) is 2.10. The molecule has 0 amide bonds. The van der Waals surface area contributed by atoms with Gasteiger partial charge in [-0.1, -0.05) is 0 Å². The fourth-order valence-corrected chi connectivity index (χ4v) is 1.28. The smallest absolute Gasteiger partial charge is 0.125 e. The summed E-state index contributed by atoms with van der Waals surface area (Å²) in [7, 11) is 1.59. The van der Waals surface area contributed by atoms with Crippen molar-refractivity contribution in [2.45, 2.75) is 20.0 Å². The van der Waals surface area contributed by atoms with Gasteiger partial charge in [0, 0.05) is 12.0 Å². The largest absolute Gasteiger partial charge is 0.497 e. The van der Waals surface area contributed by atoms with Crippen molar-refractivity contribution in [2.24, 2.45) is 0 Å². The normalized spacial score (nSPS) is 9.19. The molecule has 3 nitrogen and oxygen atoms in total. The first-order valence-electron chi connectivity index (χ1n) is 5.12. The predicted molar refractivity (Wildman–Crippen MR) is 62.5 cm³/mol. The quantitative estimate of drug-likeness (QED) is 0.609. The van der Waals surface area contributed by atoms with Gasteiger partial charge in [-0.2, -0.15) is 0 Å². The number of hydrogen-bond acceptors (Lipinski definition) is 3. The van der Waals surface area contributed by atoms with Crippen LogP contribution in [0.25, 0.3) is 0 Å². The molecule has 0 radical (unpaired) electrons. The lowest BCUT2D eigenvalue weighted by Crippen LogP contribution is -2.00. The Bertz CT molecular complexity index is 388. The molecule has 0 aliphatic rings. The molecule has 1 aromatic carbocycles. The fraction of sp³-hybridized carbons (Fsp3) is 0.385. The minimum Gasteiger partial charge on any atom is -0.497 e. The molecule has 1 aromatic rings. The van der Waals surface area contributed by atoms with Gasteiger partial charge in [0.1, 0.15) is 11.5 Å². The lowest BCUT2D eigenvalue weighted by molar-refractivity contribution is 0.263. The molecular weight excluding hydrogens is 204 g/mol. The van der Waals surface area contributed by atoms with Gasteiger partial charge in [0.15, 0.2) is 0 Å². The topological polar surface area (TPSA) is 38.7 Å². The number of aliphatic hydroxyl groups excluding tert-OH is 1. The van der Waals surface area contributed by atoms with Gasteiger partial charge in [-0.15, -0.1) is 11.8 Å². The Morgan fingerprint density at radius 2 is 2.19 bits per heavy atom. The fourth-order valence-electron chi connectivity index (χ4n) is 1.28. The zero-order chi connectivity index (χ0) is 11.8. The average Bonchev–Trinajstić information content (AvgIpc) is 2.34. The highest BCUT2D eigenvalue weighted by molar-refractivity contribution is 5.39. The zero-order valence-corrected chi connectivity index (χ0v) is 9.62. The van der Waals surface area contributed by atoms with Crippen molar-refractivity contribution in [3.8, 4) is 23.3 Å². The molecule has 0 spiro atoms. The average molecular weight is 220 g/mol. The lowest BCUT2D eigenvalue weighted by atomic mass is 10.2. The van der Waals surface area contributed by atoms with Crippen molar-refractivity contribution >= 4 is 0 Å². The third-order valence-corrected chi connectivity index (χ3v) is 2.10. The van der Waals surface area contributed by atoms with E-state index < -0.39 is 0 Å². The number of hydrogen-bond donors (Lipinski definition) is 1. The number of methoxy groups -OCH3 is 1. The van der Waals surface area contributed by atoms with Crippen LogP contribution in [0.5, 0.6) is 11.5 Å². The van der Waals surface area contributed by atoms with E-state index in [-0.39, 0.29) is 6.61 Å². The van der Waals surface area contributed by atoms with Crippen LogP contribution in [-0.2, 0) is 6.61 Å². The predicted octanol–water partition coefficient (Wildman–Crippen LogP) is 1.98. The Hall–Kier alpha value is -1.66. The van der Waals surface area contributed by atoms with Crippen molar-refractivity contribution in [3.63, 3.8) is 0 Å². The molecule has 1 rings (SSSR count). The van der Waals surface area contributed by atoms with Crippen LogP contribution in [0.15, 0.2) is 18.2 Å². The van der Waals surface area contributed by atoms with Crippen LogP contribution in [0.3, 0.4) is 0 Å². The first-order valence-corrected chi connectivity index (χ1v) is 5.12. The molecule has 0 saturated carbocycles. The maximum absolute atomic E-state index is 9.18. The molecule has 16 heavy (non-hydrogen) atoms. The lowest BCUT2D eigenvalue weighted by Gasteiger charge is -2.10. The summed E-state index contributed by atoms with van der Waals surface area (Å²) in [6.07, 6.45) is 0.688. The molecule has 0 saturated heterocycles. The summed E-state index contributed by atoms with van der Waals surface area (Å²) in [6, 6.07) is 5.37. The number of ether oxygens (including phenoxy) is 2. The van der Waals surface area contributed by atoms with Crippen molar-refractivity contribution in [1.29, 1.82) is 0 Å². The SMILES string of the molecule is CC#CCCOc1ccc(OC)cc1CO.